The Morgan fingerprint density at radius 2 is 1.95 bits per heavy atom. The molecule has 0 unspecified atom stereocenters. The molecule has 1 aliphatic rings. The molecule has 1 aliphatic heterocycles. The van der Waals surface area contributed by atoms with Gasteiger partial charge in [0.15, 0.2) is 0 Å². The van der Waals surface area contributed by atoms with Gasteiger partial charge in [0, 0.05) is 37.3 Å². The van der Waals surface area contributed by atoms with Crippen molar-refractivity contribution < 1.29 is 19.1 Å². The first-order valence-corrected chi connectivity index (χ1v) is 14.0. The van der Waals surface area contributed by atoms with Gasteiger partial charge in [0.2, 0.25) is 11.8 Å². The first-order chi connectivity index (χ1) is 19.3. The van der Waals surface area contributed by atoms with E-state index in [9.17, 15) is 14.4 Å². The molecule has 1 aromatic heterocycles. The van der Waals surface area contributed by atoms with Gasteiger partial charge >= 0.3 is 0 Å². The van der Waals surface area contributed by atoms with Crippen LogP contribution in [0, 0.1) is 6.92 Å². The van der Waals surface area contributed by atoms with Crippen LogP contribution in [0.5, 0.6) is 5.75 Å². The van der Waals surface area contributed by atoms with Crippen molar-refractivity contribution in [1.29, 1.82) is 0 Å². The number of halogens is 1. The van der Waals surface area contributed by atoms with Gasteiger partial charge in [0.1, 0.15) is 12.4 Å². The second kappa shape index (κ2) is 14.0. The lowest BCUT2D eigenvalue weighted by Crippen LogP contribution is -2.47. The van der Waals surface area contributed by atoms with Crippen molar-refractivity contribution in [3.05, 3.63) is 82.1 Å². The van der Waals surface area contributed by atoms with Gasteiger partial charge < -0.3 is 20.3 Å². The Bertz CT molecular complexity index is 1330. The van der Waals surface area contributed by atoms with Crippen molar-refractivity contribution in [1.82, 2.24) is 25.3 Å². The van der Waals surface area contributed by atoms with Crippen LogP contribution in [0.25, 0.3) is 0 Å². The van der Waals surface area contributed by atoms with E-state index in [-0.39, 0.29) is 43.3 Å². The van der Waals surface area contributed by atoms with E-state index in [1.54, 1.807) is 34.0 Å². The highest BCUT2D eigenvalue weighted by Crippen LogP contribution is 2.23. The number of amides is 3. The largest absolute Gasteiger partial charge is 0.491 e. The zero-order valence-electron chi connectivity index (χ0n) is 23.0. The van der Waals surface area contributed by atoms with Crippen LogP contribution < -0.4 is 15.4 Å². The molecule has 3 aromatic rings. The molecule has 0 aliphatic carbocycles. The number of benzene rings is 2. The van der Waals surface area contributed by atoms with Gasteiger partial charge in [0.25, 0.3) is 5.91 Å². The summed E-state index contributed by atoms with van der Waals surface area (Å²) in [6.45, 7) is 2.90. The van der Waals surface area contributed by atoms with Crippen molar-refractivity contribution >= 4 is 29.3 Å². The number of fused-ring (bicyclic) bond motifs is 1. The molecular formula is C30H36ClN5O4. The highest BCUT2D eigenvalue weighted by molar-refractivity contribution is 6.31. The SMILES string of the molecule is Cc1c(CCC(=O)N2CCCCNC(=O)c3cc(Cl)ccc3OC[C@H](Cc3ccccc3)NC(=O)C2)cnn1C. The van der Waals surface area contributed by atoms with Crippen molar-refractivity contribution in [2.75, 3.05) is 26.2 Å². The van der Waals surface area contributed by atoms with Crippen molar-refractivity contribution in [2.45, 2.75) is 45.1 Å². The third kappa shape index (κ3) is 8.08. The third-order valence-electron chi connectivity index (χ3n) is 7.09. The minimum Gasteiger partial charge on any atom is -0.491 e. The van der Waals surface area contributed by atoms with Crippen molar-refractivity contribution in [3.8, 4) is 5.75 Å². The zero-order chi connectivity index (χ0) is 28.5. The number of ether oxygens (including phenoxy) is 1. The minimum absolute atomic E-state index is 0.0469. The van der Waals surface area contributed by atoms with Crippen molar-refractivity contribution in [2.24, 2.45) is 7.05 Å². The summed E-state index contributed by atoms with van der Waals surface area (Å²) in [6, 6.07) is 14.3. The number of aryl methyl sites for hydroxylation is 2. The van der Waals surface area contributed by atoms with Crippen LogP contribution in [0.4, 0.5) is 0 Å². The first kappa shape index (κ1) is 29.1. The van der Waals surface area contributed by atoms with Crippen LogP contribution in [0.1, 0.15) is 46.4 Å². The van der Waals surface area contributed by atoms with Crippen molar-refractivity contribution in [3.63, 3.8) is 0 Å². The lowest BCUT2D eigenvalue weighted by atomic mass is 10.1. The number of hydrogen-bond acceptors (Lipinski definition) is 5. The van der Waals surface area contributed by atoms with Gasteiger partial charge in [-0.05, 0) is 61.9 Å². The van der Waals surface area contributed by atoms with E-state index in [1.807, 2.05) is 44.3 Å². The topological polar surface area (TPSA) is 106 Å². The molecule has 212 valence electrons. The van der Waals surface area contributed by atoms with Gasteiger partial charge in [-0.15, -0.1) is 0 Å². The van der Waals surface area contributed by atoms with E-state index in [1.165, 1.54) is 0 Å². The molecule has 4 rings (SSSR count). The van der Waals surface area contributed by atoms with Crippen LogP contribution in [0.3, 0.4) is 0 Å². The van der Waals surface area contributed by atoms with E-state index in [4.69, 9.17) is 16.3 Å². The van der Waals surface area contributed by atoms with E-state index < -0.39 is 0 Å². The number of hydrogen-bond donors (Lipinski definition) is 2. The second-order valence-electron chi connectivity index (χ2n) is 10.1. The maximum atomic E-state index is 13.3. The summed E-state index contributed by atoms with van der Waals surface area (Å²) in [7, 11) is 1.87. The third-order valence-corrected chi connectivity index (χ3v) is 7.32. The quantitative estimate of drug-likeness (QED) is 0.493. The highest BCUT2D eigenvalue weighted by Gasteiger charge is 2.22. The minimum atomic E-state index is -0.387. The van der Waals surface area contributed by atoms with Gasteiger partial charge in [-0.1, -0.05) is 41.9 Å². The monoisotopic (exact) mass is 565 g/mol. The molecule has 3 amide bonds. The zero-order valence-corrected chi connectivity index (χ0v) is 23.7. The molecular weight excluding hydrogens is 530 g/mol. The fraction of sp³-hybridized carbons (Fsp3) is 0.400. The lowest BCUT2D eigenvalue weighted by Gasteiger charge is -2.25. The first-order valence-electron chi connectivity index (χ1n) is 13.6. The fourth-order valence-corrected chi connectivity index (χ4v) is 4.87. The molecule has 0 bridgehead atoms. The number of carbonyl (C=O) groups excluding carboxylic acids is 3. The Balaban J connectivity index is 1.51. The summed E-state index contributed by atoms with van der Waals surface area (Å²) in [5, 5.41) is 10.7. The van der Waals surface area contributed by atoms with Crippen LogP contribution in [0.15, 0.2) is 54.7 Å². The molecule has 0 saturated carbocycles. The summed E-state index contributed by atoms with van der Waals surface area (Å²) in [5.41, 5.74) is 3.41. The predicted octanol–water partition coefficient (Wildman–Crippen LogP) is 3.47. The maximum absolute atomic E-state index is 13.3. The normalized spacial score (nSPS) is 17.1. The van der Waals surface area contributed by atoms with Gasteiger partial charge in [-0.3, -0.25) is 19.1 Å². The Kier molecular flexibility index (Phi) is 10.2. The number of rotatable bonds is 5. The molecule has 2 heterocycles. The Labute approximate surface area is 239 Å². The number of carbonyl (C=O) groups is 3. The average molecular weight is 566 g/mol. The fourth-order valence-electron chi connectivity index (χ4n) is 4.70. The van der Waals surface area contributed by atoms with E-state index in [0.717, 1.165) is 16.8 Å². The van der Waals surface area contributed by atoms with Gasteiger partial charge in [-0.25, -0.2) is 0 Å². The standard InChI is InChI=1S/C30H36ClN5O4/c1-21-23(18-33-35(21)2)10-13-29(38)36-15-7-6-14-32-30(39)26-17-24(31)11-12-27(26)40-20-25(34-28(37)19-36)16-22-8-4-3-5-9-22/h3-5,8-9,11-12,17-18,25H,6-7,10,13-16,19-20H2,1-2H3,(H,32,39)(H,34,37)/t25-/m0/s1. The van der Waals surface area contributed by atoms with Gasteiger partial charge in [-0.2, -0.15) is 5.10 Å². The summed E-state index contributed by atoms with van der Waals surface area (Å²) in [5.74, 6) is -0.233. The molecule has 40 heavy (non-hydrogen) atoms. The molecule has 10 heteroatoms. The Hall–Kier alpha value is -3.85. The van der Waals surface area contributed by atoms with Crippen LogP contribution in [-0.2, 0) is 29.5 Å². The molecule has 2 N–H and O–H groups in total. The molecule has 2 aromatic carbocycles. The summed E-state index contributed by atoms with van der Waals surface area (Å²) < 4.78 is 7.86. The number of aromatic nitrogens is 2. The summed E-state index contributed by atoms with van der Waals surface area (Å²) in [4.78, 5) is 41.1. The molecule has 0 saturated heterocycles. The molecule has 0 radical (unpaired) electrons. The number of nitrogens with zero attached hydrogens (tertiary/aromatic N) is 3. The molecule has 0 fully saturated rings. The highest BCUT2D eigenvalue weighted by atomic mass is 35.5. The Morgan fingerprint density at radius 1 is 1.15 bits per heavy atom. The van der Waals surface area contributed by atoms with E-state index >= 15 is 0 Å². The molecule has 0 spiro atoms. The molecule has 1 atom stereocenters. The lowest BCUT2D eigenvalue weighted by molar-refractivity contribution is -0.136. The Morgan fingerprint density at radius 3 is 2.70 bits per heavy atom. The summed E-state index contributed by atoms with van der Waals surface area (Å²) >= 11 is 6.18. The maximum Gasteiger partial charge on any atom is 0.255 e. The number of nitrogens with one attached hydrogen (secondary N) is 2. The average Bonchev–Trinajstić information content (AvgIpc) is 3.26. The van der Waals surface area contributed by atoms with Crippen LogP contribution >= 0.6 is 11.6 Å². The smallest absolute Gasteiger partial charge is 0.255 e. The van der Waals surface area contributed by atoms with E-state index in [0.29, 0.717) is 55.1 Å². The van der Waals surface area contributed by atoms with Crippen LogP contribution in [-0.4, -0.2) is 64.7 Å². The predicted molar refractivity (Wildman–Crippen MR) is 153 cm³/mol. The molecule has 9 nitrogen and oxygen atoms in total. The summed E-state index contributed by atoms with van der Waals surface area (Å²) in [6.07, 6.45) is 4.42. The van der Waals surface area contributed by atoms with Gasteiger partial charge in [0.05, 0.1) is 24.3 Å². The van der Waals surface area contributed by atoms with E-state index in [2.05, 4.69) is 15.7 Å². The van der Waals surface area contributed by atoms with Crippen LogP contribution in [0.2, 0.25) is 5.02 Å². The second-order valence-corrected chi connectivity index (χ2v) is 10.5.